The maximum atomic E-state index is 4.34. The smallest absolute Gasteiger partial charge is 0.125 e. The lowest BCUT2D eigenvalue weighted by Crippen LogP contribution is -2.38. The van der Waals surface area contributed by atoms with Gasteiger partial charge in [0.2, 0.25) is 0 Å². The molecule has 0 spiro atoms. The van der Waals surface area contributed by atoms with E-state index in [1.165, 1.54) is 0 Å². The minimum atomic E-state index is 0.179. The van der Waals surface area contributed by atoms with Crippen LogP contribution in [0.4, 0.5) is 0 Å². The van der Waals surface area contributed by atoms with Crippen LogP contribution in [0.5, 0.6) is 0 Å². The van der Waals surface area contributed by atoms with E-state index in [9.17, 15) is 0 Å². The van der Waals surface area contributed by atoms with Gasteiger partial charge in [-0.15, -0.1) is 0 Å². The number of aryl methyl sites for hydroxylation is 1. The summed E-state index contributed by atoms with van der Waals surface area (Å²) in [5, 5.41) is 3.46. The molecule has 0 amide bonds. The van der Waals surface area contributed by atoms with E-state index in [0.29, 0.717) is 0 Å². The second kappa shape index (κ2) is 4.51. The normalized spacial score (nSPS) is 11.7. The fraction of sp³-hybridized carbons (Fsp3) is 0.636. The van der Waals surface area contributed by atoms with Crippen molar-refractivity contribution in [3.05, 3.63) is 23.8 Å². The standard InChI is InChI=1S/C11H19N3/c1-5-11(3,4)13-8-10-6-7-12-9(2)14-10/h6-7,13H,5,8H2,1-4H3. The van der Waals surface area contributed by atoms with E-state index < -0.39 is 0 Å². The predicted octanol–water partition coefficient (Wildman–Crippen LogP) is 2.06. The van der Waals surface area contributed by atoms with Crippen LogP contribution in [0.3, 0.4) is 0 Å². The van der Waals surface area contributed by atoms with Gasteiger partial charge in [-0.2, -0.15) is 0 Å². The monoisotopic (exact) mass is 193 g/mol. The van der Waals surface area contributed by atoms with Crippen LogP contribution in [-0.2, 0) is 6.54 Å². The van der Waals surface area contributed by atoms with E-state index in [1.54, 1.807) is 6.20 Å². The summed E-state index contributed by atoms with van der Waals surface area (Å²) in [4.78, 5) is 8.40. The summed E-state index contributed by atoms with van der Waals surface area (Å²) in [6, 6.07) is 1.95. The SMILES string of the molecule is CCC(C)(C)NCc1ccnc(C)n1. The lowest BCUT2D eigenvalue weighted by atomic mass is 10.0. The number of hydrogen-bond donors (Lipinski definition) is 1. The van der Waals surface area contributed by atoms with Crippen LogP contribution in [0.1, 0.15) is 38.7 Å². The Kier molecular flexibility index (Phi) is 3.58. The third-order valence-electron chi connectivity index (χ3n) is 2.47. The van der Waals surface area contributed by atoms with Gasteiger partial charge < -0.3 is 5.32 Å². The second-order valence-electron chi connectivity index (χ2n) is 4.19. The molecule has 1 heterocycles. The van der Waals surface area contributed by atoms with E-state index >= 15 is 0 Å². The van der Waals surface area contributed by atoms with Crippen molar-refractivity contribution >= 4 is 0 Å². The van der Waals surface area contributed by atoms with Crippen molar-refractivity contribution in [3.8, 4) is 0 Å². The summed E-state index contributed by atoms with van der Waals surface area (Å²) < 4.78 is 0. The Morgan fingerprint density at radius 3 is 2.71 bits per heavy atom. The zero-order valence-electron chi connectivity index (χ0n) is 9.46. The first kappa shape index (κ1) is 11.1. The van der Waals surface area contributed by atoms with E-state index in [4.69, 9.17) is 0 Å². The summed E-state index contributed by atoms with van der Waals surface area (Å²) in [7, 11) is 0. The van der Waals surface area contributed by atoms with Crippen molar-refractivity contribution in [1.29, 1.82) is 0 Å². The van der Waals surface area contributed by atoms with Crippen LogP contribution in [0.15, 0.2) is 12.3 Å². The molecule has 0 unspecified atom stereocenters. The summed E-state index contributed by atoms with van der Waals surface area (Å²) in [5.41, 5.74) is 1.23. The van der Waals surface area contributed by atoms with Gasteiger partial charge in [0.25, 0.3) is 0 Å². The molecule has 1 N–H and O–H groups in total. The van der Waals surface area contributed by atoms with Crippen LogP contribution in [0.25, 0.3) is 0 Å². The highest BCUT2D eigenvalue weighted by molar-refractivity contribution is 5.01. The Morgan fingerprint density at radius 2 is 2.14 bits per heavy atom. The van der Waals surface area contributed by atoms with Crippen molar-refractivity contribution < 1.29 is 0 Å². The first-order valence-corrected chi connectivity index (χ1v) is 5.07. The fourth-order valence-corrected chi connectivity index (χ4v) is 1.06. The average Bonchev–Trinajstić information content (AvgIpc) is 2.15. The molecular weight excluding hydrogens is 174 g/mol. The first-order valence-electron chi connectivity index (χ1n) is 5.07. The molecule has 0 aromatic carbocycles. The maximum absolute atomic E-state index is 4.34. The van der Waals surface area contributed by atoms with Crippen LogP contribution in [0, 0.1) is 6.92 Å². The molecule has 0 saturated carbocycles. The average molecular weight is 193 g/mol. The Labute approximate surface area is 86.0 Å². The Morgan fingerprint density at radius 1 is 1.43 bits per heavy atom. The Balaban J connectivity index is 2.54. The van der Waals surface area contributed by atoms with E-state index in [0.717, 1.165) is 24.5 Å². The van der Waals surface area contributed by atoms with Crippen molar-refractivity contribution in [2.45, 2.75) is 46.2 Å². The minimum Gasteiger partial charge on any atom is -0.306 e. The van der Waals surface area contributed by atoms with Crippen LogP contribution >= 0.6 is 0 Å². The molecule has 78 valence electrons. The van der Waals surface area contributed by atoms with Crippen LogP contribution in [-0.4, -0.2) is 15.5 Å². The topological polar surface area (TPSA) is 37.8 Å². The zero-order chi connectivity index (χ0) is 10.6. The molecule has 0 bridgehead atoms. The second-order valence-corrected chi connectivity index (χ2v) is 4.19. The molecule has 0 fully saturated rings. The summed E-state index contributed by atoms with van der Waals surface area (Å²) in [6.45, 7) is 9.29. The van der Waals surface area contributed by atoms with E-state index in [2.05, 4.69) is 36.1 Å². The van der Waals surface area contributed by atoms with Crippen molar-refractivity contribution in [1.82, 2.24) is 15.3 Å². The number of aromatic nitrogens is 2. The molecule has 0 aliphatic heterocycles. The third kappa shape index (κ3) is 3.42. The van der Waals surface area contributed by atoms with Gasteiger partial charge >= 0.3 is 0 Å². The van der Waals surface area contributed by atoms with Gasteiger partial charge in [-0.25, -0.2) is 9.97 Å². The summed E-state index contributed by atoms with van der Waals surface area (Å²) in [6.07, 6.45) is 2.91. The summed E-state index contributed by atoms with van der Waals surface area (Å²) in [5.74, 6) is 0.832. The highest BCUT2D eigenvalue weighted by Gasteiger charge is 2.13. The third-order valence-corrected chi connectivity index (χ3v) is 2.47. The van der Waals surface area contributed by atoms with Crippen LogP contribution < -0.4 is 5.32 Å². The van der Waals surface area contributed by atoms with Gasteiger partial charge in [0, 0.05) is 18.3 Å². The Bertz CT molecular complexity index is 294. The molecule has 1 rings (SSSR count). The molecule has 0 atom stereocenters. The maximum Gasteiger partial charge on any atom is 0.125 e. The highest BCUT2D eigenvalue weighted by atomic mass is 15.0. The fourth-order valence-electron chi connectivity index (χ4n) is 1.06. The lowest BCUT2D eigenvalue weighted by molar-refractivity contribution is 0.372. The molecular formula is C11H19N3. The number of nitrogens with zero attached hydrogens (tertiary/aromatic N) is 2. The number of rotatable bonds is 4. The molecule has 1 aromatic heterocycles. The van der Waals surface area contributed by atoms with Crippen molar-refractivity contribution in [2.75, 3.05) is 0 Å². The predicted molar refractivity (Wildman–Crippen MR) is 58.0 cm³/mol. The molecule has 14 heavy (non-hydrogen) atoms. The van der Waals surface area contributed by atoms with Gasteiger partial charge in [0.15, 0.2) is 0 Å². The van der Waals surface area contributed by atoms with E-state index in [1.807, 2.05) is 13.0 Å². The molecule has 1 aromatic rings. The number of nitrogens with one attached hydrogen (secondary N) is 1. The summed E-state index contributed by atoms with van der Waals surface area (Å²) >= 11 is 0. The quantitative estimate of drug-likeness (QED) is 0.795. The van der Waals surface area contributed by atoms with Gasteiger partial charge in [-0.05, 0) is 33.3 Å². The molecule has 3 heteroatoms. The van der Waals surface area contributed by atoms with E-state index in [-0.39, 0.29) is 5.54 Å². The first-order chi connectivity index (χ1) is 6.53. The number of hydrogen-bond acceptors (Lipinski definition) is 3. The highest BCUT2D eigenvalue weighted by Crippen LogP contribution is 2.07. The van der Waals surface area contributed by atoms with Crippen molar-refractivity contribution in [3.63, 3.8) is 0 Å². The molecule has 3 nitrogen and oxygen atoms in total. The Hall–Kier alpha value is -0.960. The molecule has 0 radical (unpaired) electrons. The van der Waals surface area contributed by atoms with Crippen LogP contribution in [0.2, 0.25) is 0 Å². The van der Waals surface area contributed by atoms with Crippen molar-refractivity contribution in [2.24, 2.45) is 0 Å². The molecule has 0 saturated heterocycles. The van der Waals surface area contributed by atoms with Gasteiger partial charge in [-0.3, -0.25) is 0 Å². The molecule has 0 aliphatic carbocycles. The van der Waals surface area contributed by atoms with Gasteiger partial charge in [0.1, 0.15) is 5.82 Å². The van der Waals surface area contributed by atoms with Gasteiger partial charge in [0.05, 0.1) is 5.69 Å². The largest absolute Gasteiger partial charge is 0.306 e. The molecule has 0 aliphatic rings. The zero-order valence-corrected chi connectivity index (χ0v) is 9.46. The minimum absolute atomic E-state index is 0.179. The van der Waals surface area contributed by atoms with Gasteiger partial charge in [-0.1, -0.05) is 6.92 Å². The lowest BCUT2D eigenvalue weighted by Gasteiger charge is -2.24.